The Balaban J connectivity index is 1.65. The quantitative estimate of drug-likeness (QED) is 0.757. The summed E-state index contributed by atoms with van der Waals surface area (Å²) in [6, 6.07) is 13.3. The van der Waals surface area contributed by atoms with Crippen molar-refractivity contribution >= 4 is 11.6 Å². The molecule has 0 aromatic heterocycles. The fourth-order valence-corrected chi connectivity index (χ4v) is 3.10. The predicted octanol–water partition coefficient (Wildman–Crippen LogP) is 3.84. The molecule has 0 spiro atoms. The van der Waals surface area contributed by atoms with Crippen LogP contribution in [0.25, 0.3) is 0 Å². The third-order valence-electron chi connectivity index (χ3n) is 4.36. The van der Waals surface area contributed by atoms with Crippen molar-refractivity contribution in [3.63, 3.8) is 0 Å². The molecule has 0 radical (unpaired) electrons. The lowest BCUT2D eigenvalue weighted by molar-refractivity contribution is -0.120. The third-order valence-corrected chi connectivity index (χ3v) is 4.36. The maximum atomic E-state index is 12.7. The van der Waals surface area contributed by atoms with Crippen molar-refractivity contribution in [3.8, 4) is 17.2 Å². The van der Waals surface area contributed by atoms with Gasteiger partial charge in [0.2, 0.25) is 0 Å². The standard InChI is InChI=1S/C21H25NO4/c1-3-14-25-17-9-11-18(12-10-17)26-15-20(23)22-13-5-7-16-6-4-8-19(24-2)21(16)22/h4,6,8-12H,3,5,7,13-15H2,1-2H3. The number of ether oxygens (including phenoxy) is 3. The van der Waals surface area contributed by atoms with Crippen LogP contribution in [0.4, 0.5) is 5.69 Å². The molecule has 0 saturated heterocycles. The topological polar surface area (TPSA) is 48.0 Å². The number of carbonyl (C=O) groups is 1. The van der Waals surface area contributed by atoms with Gasteiger partial charge >= 0.3 is 0 Å². The number of fused-ring (bicyclic) bond motifs is 1. The van der Waals surface area contributed by atoms with Crippen molar-refractivity contribution < 1.29 is 19.0 Å². The smallest absolute Gasteiger partial charge is 0.265 e. The molecule has 138 valence electrons. The highest BCUT2D eigenvalue weighted by molar-refractivity contribution is 5.97. The van der Waals surface area contributed by atoms with Gasteiger partial charge in [-0.05, 0) is 55.2 Å². The minimum absolute atomic E-state index is 0.00729. The highest BCUT2D eigenvalue weighted by Crippen LogP contribution is 2.36. The zero-order chi connectivity index (χ0) is 18.4. The Morgan fingerprint density at radius 1 is 1.08 bits per heavy atom. The molecule has 1 aliphatic heterocycles. The van der Waals surface area contributed by atoms with E-state index in [0.29, 0.717) is 18.9 Å². The van der Waals surface area contributed by atoms with Crippen LogP contribution in [0.15, 0.2) is 42.5 Å². The van der Waals surface area contributed by atoms with Gasteiger partial charge in [0.15, 0.2) is 6.61 Å². The van der Waals surface area contributed by atoms with Crippen LogP contribution in [0.1, 0.15) is 25.3 Å². The lowest BCUT2D eigenvalue weighted by Gasteiger charge is -2.30. The summed E-state index contributed by atoms with van der Waals surface area (Å²) in [7, 11) is 1.63. The second-order valence-corrected chi connectivity index (χ2v) is 6.23. The summed E-state index contributed by atoms with van der Waals surface area (Å²) in [5.74, 6) is 2.12. The van der Waals surface area contributed by atoms with Crippen molar-refractivity contribution in [2.75, 3.05) is 31.8 Å². The zero-order valence-electron chi connectivity index (χ0n) is 15.4. The lowest BCUT2D eigenvalue weighted by Crippen LogP contribution is -2.38. The molecule has 0 N–H and O–H groups in total. The number of aryl methyl sites for hydroxylation is 1. The first-order valence-electron chi connectivity index (χ1n) is 9.05. The largest absolute Gasteiger partial charge is 0.495 e. The van der Waals surface area contributed by atoms with Gasteiger partial charge in [-0.25, -0.2) is 0 Å². The van der Waals surface area contributed by atoms with Crippen LogP contribution >= 0.6 is 0 Å². The van der Waals surface area contributed by atoms with E-state index in [-0.39, 0.29) is 12.5 Å². The molecular formula is C21H25NO4. The van der Waals surface area contributed by atoms with Crippen LogP contribution < -0.4 is 19.1 Å². The summed E-state index contributed by atoms with van der Waals surface area (Å²) < 4.78 is 16.7. The lowest BCUT2D eigenvalue weighted by atomic mass is 10.0. The Kier molecular flexibility index (Phi) is 6.00. The SMILES string of the molecule is CCCOc1ccc(OCC(=O)N2CCCc3cccc(OC)c32)cc1. The van der Waals surface area contributed by atoms with Crippen molar-refractivity contribution in [3.05, 3.63) is 48.0 Å². The maximum absolute atomic E-state index is 12.7. The molecule has 1 aliphatic rings. The Bertz CT molecular complexity index is 728. The molecule has 0 saturated carbocycles. The van der Waals surface area contributed by atoms with Crippen LogP contribution in [0.3, 0.4) is 0 Å². The van der Waals surface area contributed by atoms with E-state index in [1.165, 1.54) is 0 Å². The fraction of sp³-hybridized carbons (Fsp3) is 0.381. The summed E-state index contributed by atoms with van der Waals surface area (Å²) in [6.45, 7) is 3.43. The molecule has 0 fully saturated rings. The number of nitrogens with zero attached hydrogens (tertiary/aromatic N) is 1. The van der Waals surface area contributed by atoms with Gasteiger partial charge in [-0.3, -0.25) is 4.79 Å². The Labute approximate surface area is 154 Å². The van der Waals surface area contributed by atoms with Crippen LogP contribution in [0.2, 0.25) is 0 Å². The molecule has 2 aromatic carbocycles. The normalized spacial score (nSPS) is 13.1. The maximum Gasteiger partial charge on any atom is 0.265 e. The first kappa shape index (κ1) is 18.1. The second kappa shape index (κ2) is 8.61. The van der Waals surface area contributed by atoms with E-state index in [1.54, 1.807) is 12.0 Å². The fourth-order valence-electron chi connectivity index (χ4n) is 3.10. The minimum atomic E-state index is -0.0678. The van der Waals surface area contributed by atoms with E-state index in [4.69, 9.17) is 14.2 Å². The molecule has 3 rings (SSSR count). The van der Waals surface area contributed by atoms with E-state index in [1.807, 2.05) is 42.5 Å². The predicted molar refractivity (Wildman–Crippen MR) is 101 cm³/mol. The molecule has 0 unspecified atom stereocenters. The highest BCUT2D eigenvalue weighted by atomic mass is 16.5. The molecule has 5 nitrogen and oxygen atoms in total. The molecular weight excluding hydrogens is 330 g/mol. The van der Waals surface area contributed by atoms with Crippen molar-refractivity contribution in [2.45, 2.75) is 26.2 Å². The summed E-state index contributed by atoms with van der Waals surface area (Å²) in [5.41, 5.74) is 2.01. The van der Waals surface area contributed by atoms with E-state index in [9.17, 15) is 4.79 Å². The van der Waals surface area contributed by atoms with Gasteiger partial charge in [0.05, 0.1) is 19.4 Å². The van der Waals surface area contributed by atoms with Crippen molar-refractivity contribution in [2.24, 2.45) is 0 Å². The number of carbonyl (C=O) groups excluding carboxylic acids is 1. The summed E-state index contributed by atoms with van der Waals surface area (Å²) in [5, 5.41) is 0. The average Bonchev–Trinajstić information content (AvgIpc) is 2.70. The zero-order valence-corrected chi connectivity index (χ0v) is 15.4. The molecule has 1 amide bonds. The monoisotopic (exact) mass is 355 g/mol. The first-order chi connectivity index (χ1) is 12.7. The van der Waals surface area contributed by atoms with Crippen molar-refractivity contribution in [1.29, 1.82) is 0 Å². The van der Waals surface area contributed by atoms with Gasteiger partial charge in [0, 0.05) is 6.54 Å². The summed E-state index contributed by atoms with van der Waals surface area (Å²) in [6.07, 6.45) is 2.86. The number of anilines is 1. The molecule has 0 bridgehead atoms. The molecule has 1 heterocycles. The van der Waals surface area contributed by atoms with Crippen LogP contribution in [0, 0.1) is 0 Å². The van der Waals surface area contributed by atoms with Gasteiger partial charge in [-0.1, -0.05) is 19.1 Å². The van der Waals surface area contributed by atoms with Gasteiger partial charge in [-0.2, -0.15) is 0 Å². The number of benzene rings is 2. The van der Waals surface area contributed by atoms with E-state index < -0.39 is 0 Å². The van der Waals surface area contributed by atoms with Gasteiger partial charge in [0.25, 0.3) is 5.91 Å². The molecule has 0 atom stereocenters. The minimum Gasteiger partial charge on any atom is -0.495 e. The van der Waals surface area contributed by atoms with Crippen LogP contribution in [-0.2, 0) is 11.2 Å². The van der Waals surface area contributed by atoms with Crippen LogP contribution in [0.5, 0.6) is 17.2 Å². The summed E-state index contributed by atoms with van der Waals surface area (Å²) in [4.78, 5) is 14.5. The second-order valence-electron chi connectivity index (χ2n) is 6.23. The molecule has 5 heteroatoms. The Morgan fingerprint density at radius 3 is 2.50 bits per heavy atom. The molecule has 2 aromatic rings. The average molecular weight is 355 g/mol. The van der Waals surface area contributed by atoms with E-state index >= 15 is 0 Å². The Morgan fingerprint density at radius 2 is 1.81 bits per heavy atom. The van der Waals surface area contributed by atoms with Crippen LogP contribution in [-0.4, -0.2) is 32.8 Å². The Hall–Kier alpha value is -2.69. The highest BCUT2D eigenvalue weighted by Gasteiger charge is 2.26. The first-order valence-corrected chi connectivity index (χ1v) is 9.05. The van der Waals surface area contributed by atoms with Gasteiger partial charge in [-0.15, -0.1) is 0 Å². The molecule has 0 aliphatic carbocycles. The van der Waals surface area contributed by atoms with Gasteiger partial charge < -0.3 is 19.1 Å². The molecule has 26 heavy (non-hydrogen) atoms. The van der Waals surface area contributed by atoms with Gasteiger partial charge in [0.1, 0.15) is 17.2 Å². The number of rotatable bonds is 7. The number of hydrogen-bond acceptors (Lipinski definition) is 4. The third kappa shape index (κ3) is 4.10. The summed E-state index contributed by atoms with van der Waals surface area (Å²) >= 11 is 0. The number of amides is 1. The van der Waals surface area contributed by atoms with E-state index in [2.05, 4.69) is 6.92 Å². The number of para-hydroxylation sites is 1. The van der Waals surface area contributed by atoms with E-state index in [0.717, 1.165) is 42.0 Å². The number of methoxy groups -OCH3 is 1. The van der Waals surface area contributed by atoms with Crippen molar-refractivity contribution in [1.82, 2.24) is 0 Å². The number of hydrogen-bond donors (Lipinski definition) is 0.